The number of hydrogen-bond donors (Lipinski definition) is 4. The summed E-state index contributed by atoms with van der Waals surface area (Å²) in [6, 6.07) is 9.91. The summed E-state index contributed by atoms with van der Waals surface area (Å²) in [6.45, 7) is 0. The van der Waals surface area contributed by atoms with E-state index in [1.807, 2.05) is 5.32 Å². The van der Waals surface area contributed by atoms with Gasteiger partial charge in [-0.3, -0.25) is 10.1 Å². The van der Waals surface area contributed by atoms with E-state index in [1.165, 1.54) is 54.6 Å². The predicted molar refractivity (Wildman–Crippen MR) is 99.4 cm³/mol. The van der Waals surface area contributed by atoms with Crippen LogP contribution in [0.2, 0.25) is 0 Å². The Hall–Kier alpha value is -3.94. The first-order chi connectivity index (χ1) is 13.8. The zero-order valence-electron chi connectivity index (χ0n) is 14.7. The highest BCUT2D eigenvalue weighted by molar-refractivity contribution is 6.07. The standard InChI is InChI=1S/C21H14F2N2O4/c22-10-5-7-13-14(8-10)12-6-4-11(23)9-15(12)19(13)24-21(29)25-20(28)18-16(26)2-1-3-17(18)27/h1-9,19,26-27H,(H2,24,25,28,29). The largest absolute Gasteiger partial charge is 0.507 e. The maximum Gasteiger partial charge on any atom is 0.322 e. The van der Waals surface area contributed by atoms with Gasteiger partial charge in [0, 0.05) is 0 Å². The first-order valence-corrected chi connectivity index (χ1v) is 8.57. The molecule has 1 unspecified atom stereocenters. The van der Waals surface area contributed by atoms with Gasteiger partial charge < -0.3 is 15.5 Å². The molecule has 1 atom stereocenters. The summed E-state index contributed by atoms with van der Waals surface area (Å²) in [4.78, 5) is 24.7. The van der Waals surface area contributed by atoms with Crippen molar-refractivity contribution < 1.29 is 28.6 Å². The maximum atomic E-state index is 13.8. The molecule has 0 bridgehead atoms. The molecule has 1 aliphatic carbocycles. The van der Waals surface area contributed by atoms with Crippen LogP contribution in [0.15, 0.2) is 54.6 Å². The third-order valence-corrected chi connectivity index (χ3v) is 4.69. The number of fused-ring (bicyclic) bond motifs is 3. The molecule has 0 aliphatic heterocycles. The monoisotopic (exact) mass is 396 g/mol. The minimum Gasteiger partial charge on any atom is -0.507 e. The molecule has 0 saturated carbocycles. The van der Waals surface area contributed by atoms with Gasteiger partial charge >= 0.3 is 6.03 Å². The van der Waals surface area contributed by atoms with Crippen molar-refractivity contribution in [1.82, 2.24) is 10.6 Å². The summed E-state index contributed by atoms with van der Waals surface area (Å²) < 4.78 is 27.5. The lowest BCUT2D eigenvalue weighted by molar-refractivity contribution is 0.0958. The van der Waals surface area contributed by atoms with Crippen molar-refractivity contribution in [2.45, 2.75) is 6.04 Å². The van der Waals surface area contributed by atoms with Crippen LogP contribution in [0.5, 0.6) is 11.5 Å². The van der Waals surface area contributed by atoms with E-state index in [9.17, 15) is 28.6 Å². The summed E-state index contributed by atoms with van der Waals surface area (Å²) >= 11 is 0. The molecule has 146 valence electrons. The van der Waals surface area contributed by atoms with Crippen molar-refractivity contribution in [3.63, 3.8) is 0 Å². The van der Waals surface area contributed by atoms with E-state index < -0.39 is 46.7 Å². The third kappa shape index (κ3) is 3.25. The van der Waals surface area contributed by atoms with E-state index in [4.69, 9.17) is 0 Å². The molecule has 3 amide bonds. The molecular weight excluding hydrogens is 382 g/mol. The van der Waals surface area contributed by atoms with Crippen molar-refractivity contribution in [3.05, 3.63) is 82.9 Å². The Bertz CT molecular complexity index is 1140. The second kappa shape index (κ2) is 6.90. The van der Waals surface area contributed by atoms with Gasteiger partial charge in [-0.25, -0.2) is 13.6 Å². The summed E-state index contributed by atoms with van der Waals surface area (Å²) in [7, 11) is 0. The van der Waals surface area contributed by atoms with Crippen molar-refractivity contribution in [1.29, 1.82) is 0 Å². The van der Waals surface area contributed by atoms with Gasteiger partial charge in [0.15, 0.2) is 0 Å². The fourth-order valence-electron chi connectivity index (χ4n) is 3.45. The molecule has 3 aromatic rings. The van der Waals surface area contributed by atoms with Gasteiger partial charge in [-0.2, -0.15) is 0 Å². The predicted octanol–water partition coefficient (Wildman–Crippen LogP) is 3.59. The van der Waals surface area contributed by atoms with Gasteiger partial charge in [0.25, 0.3) is 5.91 Å². The van der Waals surface area contributed by atoms with Crippen LogP contribution in [0.3, 0.4) is 0 Å². The van der Waals surface area contributed by atoms with Crippen LogP contribution < -0.4 is 10.6 Å². The molecule has 0 aromatic heterocycles. The highest BCUT2D eigenvalue weighted by atomic mass is 19.1. The third-order valence-electron chi connectivity index (χ3n) is 4.69. The SMILES string of the molecule is O=C(NC(=O)c1c(O)cccc1O)NC1c2ccc(F)cc2-c2ccc(F)cc21. The van der Waals surface area contributed by atoms with E-state index in [0.717, 1.165) is 0 Å². The number of phenolic OH excluding ortho intramolecular Hbond substituents is 2. The molecule has 0 fully saturated rings. The van der Waals surface area contributed by atoms with E-state index in [-0.39, 0.29) is 0 Å². The lowest BCUT2D eigenvalue weighted by atomic mass is 10.1. The zero-order chi connectivity index (χ0) is 20.7. The van der Waals surface area contributed by atoms with Crippen LogP contribution in [0.25, 0.3) is 11.1 Å². The van der Waals surface area contributed by atoms with Crippen LogP contribution in [0.1, 0.15) is 27.5 Å². The van der Waals surface area contributed by atoms with Gasteiger partial charge in [0.2, 0.25) is 0 Å². The second-order valence-corrected chi connectivity index (χ2v) is 6.50. The van der Waals surface area contributed by atoms with Crippen molar-refractivity contribution in [3.8, 4) is 22.6 Å². The number of carbonyl (C=O) groups is 2. The summed E-state index contributed by atoms with van der Waals surface area (Å²) in [5, 5.41) is 24.1. The first-order valence-electron chi connectivity index (χ1n) is 8.57. The topological polar surface area (TPSA) is 98.7 Å². The summed E-state index contributed by atoms with van der Waals surface area (Å²) in [6.07, 6.45) is 0. The quantitative estimate of drug-likeness (QED) is 0.532. The first kappa shape index (κ1) is 18.4. The molecule has 6 nitrogen and oxygen atoms in total. The molecule has 3 aromatic carbocycles. The lowest BCUT2D eigenvalue weighted by Crippen LogP contribution is -2.41. The number of aromatic hydroxyl groups is 2. The van der Waals surface area contributed by atoms with Crippen molar-refractivity contribution in [2.75, 3.05) is 0 Å². The van der Waals surface area contributed by atoms with Crippen LogP contribution >= 0.6 is 0 Å². The summed E-state index contributed by atoms with van der Waals surface area (Å²) in [5.74, 6) is -3.02. The van der Waals surface area contributed by atoms with Gasteiger partial charge in [-0.05, 0) is 58.7 Å². The fourth-order valence-corrected chi connectivity index (χ4v) is 3.45. The Labute approximate surface area is 163 Å². The average Bonchev–Trinajstić information content (AvgIpc) is 2.93. The number of phenols is 2. The van der Waals surface area contributed by atoms with Crippen molar-refractivity contribution in [2.24, 2.45) is 0 Å². The average molecular weight is 396 g/mol. The molecule has 4 N–H and O–H groups in total. The minimum atomic E-state index is -1.02. The number of halogens is 2. The molecule has 4 rings (SSSR count). The van der Waals surface area contributed by atoms with Crippen LogP contribution in [-0.2, 0) is 0 Å². The van der Waals surface area contributed by atoms with E-state index in [0.29, 0.717) is 22.3 Å². The van der Waals surface area contributed by atoms with Crippen LogP contribution in [0, 0.1) is 11.6 Å². The van der Waals surface area contributed by atoms with Gasteiger partial charge in [0.1, 0.15) is 28.7 Å². The maximum absolute atomic E-state index is 13.8. The number of urea groups is 1. The number of imide groups is 1. The number of carbonyl (C=O) groups excluding carboxylic acids is 2. The van der Waals surface area contributed by atoms with Gasteiger partial charge in [0.05, 0.1) is 6.04 Å². The molecule has 29 heavy (non-hydrogen) atoms. The Morgan fingerprint density at radius 2 is 1.48 bits per heavy atom. The van der Waals surface area contributed by atoms with Gasteiger partial charge in [-0.15, -0.1) is 0 Å². The highest BCUT2D eigenvalue weighted by Crippen LogP contribution is 2.43. The Kier molecular flexibility index (Phi) is 4.38. The fraction of sp³-hybridized carbons (Fsp3) is 0.0476. The van der Waals surface area contributed by atoms with E-state index in [1.54, 1.807) is 0 Å². The molecular formula is C21H14F2N2O4. The van der Waals surface area contributed by atoms with Gasteiger partial charge in [-0.1, -0.05) is 18.2 Å². The van der Waals surface area contributed by atoms with E-state index in [2.05, 4.69) is 5.32 Å². The Morgan fingerprint density at radius 3 is 2.21 bits per heavy atom. The molecule has 0 saturated heterocycles. The molecule has 0 heterocycles. The minimum absolute atomic E-state index is 0.415. The number of amides is 3. The molecule has 8 heteroatoms. The lowest BCUT2D eigenvalue weighted by Gasteiger charge is -2.16. The summed E-state index contributed by atoms with van der Waals surface area (Å²) in [5.41, 5.74) is 1.58. The Balaban J connectivity index is 1.62. The Morgan fingerprint density at radius 1 is 0.828 bits per heavy atom. The highest BCUT2D eigenvalue weighted by Gasteiger charge is 2.31. The number of hydrogen-bond acceptors (Lipinski definition) is 4. The number of nitrogens with one attached hydrogen (secondary N) is 2. The molecule has 0 radical (unpaired) electrons. The second-order valence-electron chi connectivity index (χ2n) is 6.50. The van der Waals surface area contributed by atoms with Crippen LogP contribution in [0.4, 0.5) is 13.6 Å². The number of rotatable bonds is 2. The zero-order valence-corrected chi connectivity index (χ0v) is 14.7. The van der Waals surface area contributed by atoms with Crippen molar-refractivity contribution >= 4 is 11.9 Å². The molecule has 1 aliphatic rings. The molecule has 0 spiro atoms. The smallest absolute Gasteiger partial charge is 0.322 e. The number of benzene rings is 3. The van der Waals surface area contributed by atoms with Crippen LogP contribution in [-0.4, -0.2) is 22.2 Å². The normalized spacial score (nSPS) is 14.1. The van der Waals surface area contributed by atoms with E-state index >= 15 is 0 Å².